The summed E-state index contributed by atoms with van der Waals surface area (Å²) in [6, 6.07) is 2.96. The van der Waals surface area contributed by atoms with E-state index in [1.54, 1.807) is 6.07 Å². The standard InChI is InChI=1S/C12H18FN3O/c1-9(2)8-16-12(17)4-6-14-10-3-5-15-11(13)7-10/h3,5,7,9H,4,6,8H2,1-2H3,(H,14,15)(H,16,17). The van der Waals surface area contributed by atoms with Crippen molar-refractivity contribution in [3.05, 3.63) is 24.3 Å². The summed E-state index contributed by atoms with van der Waals surface area (Å²) in [5, 5.41) is 5.78. The number of amides is 1. The number of nitrogens with zero attached hydrogens (tertiary/aromatic N) is 1. The van der Waals surface area contributed by atoms with E-state index in [2.05, 4.69) is 15.6 Å². The van der Waals surface area contributed by atoms with Gasteiger partial charge in [0.15, 0.2) is 0 Å². The summed E-state index contributed by atoms with van der Waals surface area (Å²) < 4.78 is 12.7. The second kappa shape index (κ2) is 6.83. The molecule has 0 fully saturated rings. The third kappa shape index (κ3) is 5.85. The van der Waals surface area contributed by atoms with Crippen LogP contribution < -0.4 is 10.6 Å². The molecular formula is C12H18FN3O. The third-order valence-electron chi connectivity index (χ3n) is 2.12. The van der Waals surface area contributed by atoms with Gasteiger partial charge in [-0.2, -0.15) is 4.39 Å². The molecule has 2 N–H and O–H groups in total. The van der Waals surface area contributed by atoms with Gasteiger partial charge in [0.2, 0.25) is 11.9 Å². The molecule has 0 aromatic carbocycles. The molecule has 0 aliphatic rings. The van der Waals surface area contributed by atoms with Gasteiger partial charge in [0.1, 0.15) is 0 Å². The van der Waals surface area contributed by atoms with Crippen molar-refractivity contribution < 1.29 is 9.18 Å². The van der Waals surface area contributed by atoms with E-state index in [4.69, 9.17) is 0 Å². The lowest BCUT2D eigenvalue weighted by molar-refractivity contribution is -0.120. The minimum Gasteiger partial charge on any atom is -0.384 e. The molecule has 1 amide bonds. The van der Waals surface area contributed by atoms with Crippen LogP contribution in [0.1, 0.15) is 20.3 Å². The fourth-order valence-corrected chi connectivity index (χ4v) is 1.24. The molecule has 5 heteroatoms. The van der Waals surface area contributed by atoms with Crippen molar-refractivity contribution in [1.82, 2.24) is 10.3 Å². The van der Waals surface area contributed by atoms with Crippen LogP contribution in [0.15, 0.2) is 18.3 Å². The molecule has 0 saturated heterocycles. The van der Waals surface area contributed by atoms with Gasteiger partial charge in [0, 0.05) is 37.5 Å². The fourth-order valence-electron chi connectivity index (χ4n) is 1.24. The SMILES string of the molecule is CC(C)CNC(=O)CCNc1ccnc(F)c1. The maximum Gasteiger partial charge on any atom is 0.221 e. The molecule has 0 unspecified atom stereocenters. The molecule has 17 heavy (non-hydrogen) atoms. The number of rotatable bonds is 6. The summed E-state index contributed by atoms with van der Waals surface area (Å²) in [5.74, 6) is -0.0822. The number of halogens is 1. The first-order valence-corrected chi connectivity index (χ1v) is 5.70. The maximum absolute atomic E-state index is 12.7. The van der Waals surface area contributed by atoms with Crippen molar-refractivity contribution in [1.29, 1.82) is 0 Å². The first-order chi connectivity index (χ1) is 8.08. The predicted octanol–water partition coefficient (Wildman–Crippen LogP) is 1.79. The highest BCUT2D eigenvalue weighted by atomic mass is 19.1. The number of hydrogen-bond acceptors (Lipinski definition) is 3. The average molecular weight is 239 g/mol. The number of carbonyl (C=O) groups excluding carboxylic acids is 1. The Bertz CT molecular complexity index is 369. The van der Waals surface area contributed by atoms with E-state index in [0.717, 1.165) is 0 Å². The van der Waals surface area contributed by atoms with Crippen LogP contribution in [0.4, 0.5) is 10.1 Å². The summed E-state index contributed by atoms with van der Waals surface area (Å²) in [6.07, 6.45) is 1.76. The summed E-state index contributed by atoms with van der Waals surface area (Å²) in [5.41, 5.74) is 0.633. The van der Waals surface area contributed by atoms with Gasteiger partial charge >= 0.3 is 0 Å². The Morgan fingerprint density at radius 2 is 2.29 bits per heavy atom. The molecule has 0 spiro atoms. The largest absolute Gasteiger partial charge is 0.384 e. The topological polar surface area (TPSA) is 54.0 Å². The molecule has 4 nitrogen and oxygen atoms in total. The van der Waals surface area contributed by atoms with Crippen molar-refractivity contribution in [2.45, 2.75) is 20.3 Å². The van der Waals surface area contributed by atoms with Crippen LogP contribution in [0.3, 0.4) is 0 Å². The van der Waals surface area contributed by atoms with E-state index in [1.165, 1.54) is 12.3 Å². The van der Waals surface area contributed by atoms with E-state index in [1.807, 2.05) is 13.8 Å². The molecule has 1 heterocycles. The molecule has 1 aromatic heterocycles. The van der Waals surface area contributed by atoms with Crippen molar-refractivity contribution in [3.8, 4) is 0 Å². The monoisotopic (exact) mass is 239 g/mol. The Morgan fingerprint density at radius 3 is 2.94 bits per heavy atom. The van der Waals surface area contributed by atoms with E-state index in [0.29, 0.717) is 31.1 Å². The maximum atomic E-state index is 12.7. The molecule has 0 atom stereocenters. The molecule has 0 aliphatic heterocycles. The highest BCUT2D eigenvalue weighted by molar-refractivity contribution is 5.76. The van der Waals surface area contributed by atoms with Gasteiger partial charge in [0.25, 0.3) is 0 Å². The van der Waals surface area contributed by atoms with Gasteiger partial charge in [-0.05, 0) is 12.0 Å². The average Bonchev–Trinajstić information content (AvgIpc) is 2.26. The molecule has 0 aliphatic carbocycles. The van der Waals surface area contributed by atoms with Crippen LogP contribution in [0.25, 0.3) is 0 Å². The first-order valence-electron chi connectivity index (χ1n) is 5.70. The molecule has 94 valence electrons. The van der Waals surface area contributed by atoms with Gasteiger partial charge in [-0.25, -0.2) is 4.98 Å². The molecule has 0 saturated carbocycles. The highest BCUT2D eigenvalue weighted by Gasteiger charge is 2.02. The van der Waals surface area contributed by atoms with E-state index >= 15 is 0 Å². The van der Waals surface area contributed by atoms with Crippen molar-refractivity contribution in [2.75, 3.05) is 18.4 Å². The van der Waals surface area contributed by atoms with Crippen LogP contribution in [-0.2, 0) is 4.79 Å². The van der Waals surface area contributed by atoms with Gasteiger partial charge in [-0.1, -0.05) is 13.8 Å². The smallest absolute Gasteiger partial charge is 0.221 e. The normalized spacial score (nSPS) is 10.4. The van der Waals surface area contributed by atoms with Crippen LogP contribution in [-0.4, -0.2) is 24.0 Å². The Balaban J connectivity index is 2.21. The van der Waals surface area contributed by atoms with Crippen molar-refractivity contribution in [2.24, 2.45) is 5.92 Å². The zero-order chi connectivity index (χ0) is 12.7. The second-order valence-corrected chi connectivity index (χ2v) is 4.24. The lowest BCUT2D eigenvalue weighted by Gasteiger charge is -2.08. The first kappa shape index (κ1) is 13.4. The number of hydrogen-bond donors (Lipinski definition) is 2. The van der Waals surface area contributed by atoms with E-state index in [9.17, 15) is 9.18 Å². The summed E-state index contributed by atoms with van der Waals surface area (Å²) >= 11 is 0. The lowest BCUT2D eigenvalue weighted by Crippen LogP contribution is -2.28. The minimum atomic E-state index is -0.528. The Labute approximate surface area is 101 Å². The van der Waals surface area contributed by atoms with Gasteiger partial charge in [-0.15, -0.1) is 0 Å². The predicted molar refractivity (Wildman–Crippen MR) is 65.1 cm³/mol. The minimum absolute atomic E-state index is 0.000674. The van der Waals surface area contributed by atoms with Crippen molar-refractivity contribution in [3.63, 3.8) is 0 Å². The number of carbonyl (C=O) groups is 1. The quantitative estimate of drug-likeness (QED) is 0.744. The summed E-state index contributed by atoms with van der Waals surface area (Å²) in [7, 11) is 0. The molecular weight excluding hydrogens is 221 g/mol. The summed E-state index contributed by atoms with van der Waals surface area (Å²) in [4.78, 5) is 14.8. The Kier molecular flexibility index (Phi) is 5.39. The Hall–Kier alpha value is -1.65. The molecule has 1 rings (SSSR count). The molecule has 0 radical (unpaired) electrons. The highest BCUT2D eigenvalue weighted by Crippen LogP contribution is 2.06. The van der Waals surface area contributed by atoms with Crippen molar-refractivity contribution >= 4 is 11.6 Å². The second-order valence-electron chi connectivity index (χ2n) is 4.24. The lowest BCUT2D eigenvalue weighted by atomic mass is 10.2. The fraction of sp³-hybridized carbons (Fsp3) is 0.500. The summed E-state index contributed by atoms with van der Waals surface area (Å²) in [6.45, 7) is 5.24. The molecule has 1 aromatic rings. The van der Waals surface area contributed by atoms with Crippen LogP contribution in [0, 0.1) is 11.9 Å². The number of anilines is 1. The Morgan fingerprint density at radius 1 is 1.53 bits per heavy atom. The van der Waals surface area contributed by atoms with Crippen LogP contribution >= 0.6 is 0 Å². The van der Waals surface area contributed by atoms with Crippen LogP contribution in [0.2, 0.25) is 0 Å². The van der Waals surface area contributed by atoms with Crippen LogP contribution in [0.5, 0.6) is 0 Å². The zero-order valence-electron chi connectivity index (χ0n) is 10.2. The number of aromatic nitrogens is 1. The molecule has 0 bridgehead atoms. The van der Waals surface area contributed by atoms with Gasteiger partial charge in [0.05, 0.1) is 0 Å². The van der Waals surface area contributed by atoms with E-state index < -0.39 is 5.95 Å². The number of pyridine rings is 1. The zero-order valence-corrected chi connectivity index (χ0v) is 10.2. The third-order valence-corrected chi connectivity index (χ3v) is 2.12. The van der Waals surface area contributed by atoms with Gasteiger partial charge in [-0.3, -0.25) is 4.79 Å². The van der Waals surface area contributed by atoms with E-state index in [-0.39, 0.29) is 5.91 Å². The number of nitrogens with one attached hydrogen (secondary N) is 2. The van der Waals surface area contributed by atoms with Gasteiger partial charge < -0.3 is 10.6 Å².